The summed E-state index contributed by atoms with van der Waals surface area (Å²) in [5.74, 6) is 0. The number of aryl methyl sites for hydroxylation is 2. The molecule has 0 radical (unpaired) electrons. The largest absolute Gasteiger partial charge is 0.330 e. The molecule has 0 aliphatic carbocycles. The first-order chi connectivity index (χ1) is 9.96. The van der Waals surface area contributed by atoms with E-state index in [2.05, 4.69) is 5.10 Å². The summed E-state index contributed by atoms with van der Waals surface area (Å²) < 4.78 is 28.4. The molecule has 2 aromatic rings. The Hall–Kier alpha value is -1.86. The van der Waals surface area contributed by atoms with Gasteiger partial charge in [0, 0.05) is 13.6 Å². The van der Waals surface area contributed by atoms with Crippen molar-refractivity contribution in [3.8, 4) is 0 Å². The van der Waals surface area contributed by atoms with E-state index in [1.807, 2.05) is 19.1 Å². The number of nitrogens with two attached hydrogens (primary N) is 1. The minimum Gasteiger partial charge on any atom is -0.330 e. The summed E-state index contributed by atoms with van der Waals surface area (Å²) in [6.07, 6.45) is 2.06. The highest BCUT2D eigenvalue weighted by atomic mass is 32.2. The Morgan fingerprint density at radius 3 is 2.43 bits per heavy atom. The normalized spacial score (nSPS) is 11.6. The fraction of sp³-hybridized carbons (Fsp3) is 0.357. The summed E-state index contributed by atoms with van der Waals surface area (Å²) in [6, 6.07) is 8.89. The summed E-state index contributed by atoms with van der Waals surface area (Å²) in [7, 11) is -2.03. The Labute approximate surface area is 125 Å². The van der Waals surface area contributed by atoms with E-state index < -0.39 is 10.0 Å². The average Bonchev–Trinajstić information content (AvgIpc) is 2.88. The molecule has 2 rings (SSSR count). The zero-order chi connectivity index (χ0) is 15.5. The smallest absolute Gasteiger partial charge is 0.281 e. The summed E-state index contributed by atoms with van der Waals surface area (Å²) in [5, 5.41) is 4.11. The van der Waals surface area contributed by atoms with Crippen molar-refractivity contribution in [2.45, 2.75) is 18.4 Å². The highest BCUT2D eigenvalue weighted by Crippen LogP contribution is 2.23. The molecule has 6 nitrogen and oxygen atoms in total. The van der Waals surface area contributed by atoms with Gasteiger partial charge in [0.1, 0.15) is 0 Å². The molecule has 0 saturated heterocycles. The molecule has 7 heteroatoms. The lowest BCUT2D eigenvalue weighted by atomic mass is 10.2. The highest BCUT2D eigenvalue weighted by Gasteiger charge is 2.27. The van der Waals surface area contributed by atoms with Crippen molar-refractivity contribution in [3.63, 3.8) is 0 Å². The lowest BCUT2D eigenvalue weighted by Gasteiger charge is -2.24. The molecular weight excluding hydrogens is 288 g/mol. The molecule has 1 aromatic heterocycles. The van der Waals surface area contributed by atoms with E-state index in [9.17, 15) is 8.42 Å². The maximum Gasteiger partial charge on any atom is 0.281 e. The number of aromatic nitrogens is 2. The van der Waals surface area contributed by atoms with Crippen LogP contribution in [0.2, 0.25) is 0 Å². The van der Waals surface area contributed by atoms with Crippen LogP contribution in [0, 0.1) is 6.92 Å². The van der Waals surface area contributed by atoms with Gasteiger partial charge in [-0.15, -0.1) is 0 Å². The zero-order valence-electron chi connectivity index (χ0n) is 12.2. The van der Waals surface area contributed by atoms with E-state index in [1.165, 1.54) is 21.3 Å². The van der Waals surface area contributed by atoms with Gasteiger partial charge in [0.2, 0.25) is 0 Å². The van der Waals surface area contributed by atoms with Crippen molar-refractivity contribution in [1.29, 1.82) is 0 Å². The predicted molar refractivity (Wildman–Crippen MR) is 82.6 cm³/mol. The van der Waals surface area contributed by atoms with Gasteiger partial charge >= 0.3 is 0 Å². The average molecular weight is 308 g/mol. The Morgan fingerprint density at radius 2 is 1.90 bits per heavy atom. The molecule has 0 atom stereocenters. The van der Waals surface area contributed by atoms with Crippen LogP contribution in [0.4, 0.5) is 5.69 Å². The number of rotatable bonds is 6. The molecule has 0 aliphatic rings. The maximum absolute atomic E-state index is 12.8. The topological polar surface area (TPSA) is 81.2 Å². The van der Waals surface area contributed by atoms with E-state index >= 15 is 0 Å². The second-order valence-electron chi connectivity index (χ2n) is 4.85. The van der Waals surface area contributed by atoms with E-state index in [4.69, 9.17) is 5.73 Å². The van der Waals surface area contributed by atoms with E-state index in [-0.39, 0.29) is 5.03 Å². The second kappa shape index (κ2) is 6.28. The van der Waals surface area contributed by atoms with E-state index in [0.717, 1.165) is 5.56 Å². The minimum absolute atomic E-state index is 0.167. The standard InChI is InChI=1S/C14H20N4O2S/c1-12-4-6-13(7-5-12)18(11-3-9-15)21(19,20)14-8-10-16-17(14)2/h4-8,10H,3,9,11,15H2,1-2H3. The van der Waals surface area contributed by atoms with Crippen LogP contribution in [0.3, 0.4) is 0 Å². The molecule has 0 aliphatic heterocycles. The number of nitrogens with zero attached hydrogens (tertiary/aromatic N) is 3. The van der Waals surface area contributed by atoms with Crippen molar-refractivity contribution in [2.75, 3.05) is 17.4 Å². The Bertz CT molecular complexity index is 692. The van der Waals surface area contributed by atoms with Crippen LogP contribution in [0.15, 0.2) is 41.6 Å². The fourth-order valence-corrected chi connectivity index (χ4v) is 3.67. The Kier molecular flexibility index (Phi) is 4.64. The number of hydrogen-bond donors (Lipinski definition) is 1. The third-order valence-corrected chi connectivity index (χ3v) is 5.12. The number of sulfonamides is 1. The van der Waals surface area contributed by atoms with E-state index in [1.54, 1.807) is 19.2 Å². The van der Waals surface area contributed by atoms with Crippen molar-refractivity contribution < 1.29 is 8.42 Å². The Balaban J connectivity index is 2.45. The first kappa shape index (κ1) is 15.5. The first-order valence-electron chi connectivity index (χ1n) is 6.74. The van der Waals surface area contributed by atoms with Crippen molar-refractivity contribution >= 4 is 15.7 Å². The maximum atomic E-state index is 12.8. The molecule has 0 spiro atoms. The van der Waals surface area contributed by atoms with Crippen LogP contribution < -0.4 is 10.0 Å². The highest BCUT2D eigenvalue weighted by molar-refractivity contribution is 7.92. The number of hydrogen-bond acceptors (Lipinski definition) is 4. The van der Waals surface area contributed by atoms with Crippen molar-refractivity contribution in [1.82, 2.24) is 9.78 Å². The van der Waals surface area contributed by atoms with Crippen molar-refractivity contribution in [2.24, 2.45) is 12.8 Å². The molecule has 0 unspecified atom stereocenters. The van der Waals surface area contributed by atoms with Gasteiger partial charge in [-0.2, -0.15) is 13.5 Å². The third kappa shape index (κ3) is 3.25. The molecule has 0 saturated carbocycles. The van der Waals surface area contributed by atoms with Crippen LogP contribution in [0.1, 0.15) is 12.0 Å². The Morgan fingerprint density at radius 1 is 1.24 bits per heavy atom. The van der Waals surface area contributed by atoms with Gasteiger partial charge in [-0.25, -0.2) is 0 Å². The van der Waals surface area contributed by atoms with Gasteiger partial charge < -0.3 is 5.73 Å². The number of benzene rings is 1. The molecule has 2 N–H and O–H groups in total. The zero-order valence-corrected chi connectivity index (χ0v) is 13.0. The fourth-order valence-electron chi connectivity index (χ4n) is 2.06. The van der Waals surface area contributed by atoms with Gasteiger partial charge in [0.15, 0.2) is 5.03 Å². The first-order valence-corrected chi connectivity index (χ1v) is 8.18. The number of anilines is 1. The summed E-state index contributed by atoms with van der Waals surface area (Å²) >= 11 is 0. The molecule has 1 aromatic carbocycles. The summed E-state index contributed by atoms with van der Waals surface area (Å²) in [4.78, 5) is 0. The van der Waals surface area contributed by atoms with Crippen molar-refractivity contribution in [3.05, 3.63) is 42.1 Å². The molecule has 1 heterocycles. The molecule has 21 heavy (non-hydrogen) atoms. The van der Waals surface area contributed by atoms with Gasteiger partial charge in [-0.05, 0) is 38.1 Å². The third-order valence-electron chi connectivity index (χ3n) is 3.22. The monoisotopic (exact) mass is 308 g/mol. The summed E-state index contributed by atoms with van der Waals surface area (Å²) in [6.45, 7) is 2.74. The predicted octanol–water partition coefficient (Wildman–Crippen LogP) is 1.27. The molecular formula is C14H20N4O2S. The molecule has 114 valence electrons. The van der Waals surface area contributed by atoms with Crippen LogP contribution in [-0.2, 0) is 17.1 Å². The molecule has 0 fully saturated rings. The lowest BCUT2D eigenvalue weighted by Crippen LogP contribution is -2.34. The van der Waals surface area contributed by atoms with Gasteiger partial charge in [0.05, 0.1) is 11.9 Å². The van der Waals surface area contributed by atoms with Gasteiger partial charge in [-0.1, -0.05) is 17.7 Å². The quantitative estimate of drug-likeness (QED) is 0.871. The summed E-state index contributed by atoms with van der Waals surface area (Å²) in [5.41, 5.74) is 7.25. The molecule has 0 bridgehead atoms. The minimum atomic E-state index is -3.65. The molecule has 0 amide bonds. The van der Waals surface area contributed by atoms with Gasteiger partial charge in [0.25, 0.3) is 10.0 Å². The van der Waals surface area contributed by atoms with Crippen LogP contribution in [-0.4, -0.2) is 31.3 Å². The lowest BCUT2D eigenvalue weighted by molar-refractivity contribution is 0.571. The van der Waals surface area contributed by atoms with Crippen LogP contribution in [0.5, 0.6) is 0 Å². The second-order valence-corrected chi connectivity index (χ2v) is 6.66. The van der Waals surface area contributed by atoms with Crippen LogP contribution in [0.25, 0.3) is 0 Å². The van der Waals surface area contributed by atoms with Crippen LogP contribution >= 0.6 is 0 Å². The van der Waals surface area contributed by atoms with Gasteiger partial charge in [-0.3, -0.25) is 8.99 Å². The van der Waals surface area contributed by atoms with E-state index in [0.29, 0.717) is 25.2 Å². The SMILES string of the molecule is Cc1ccc(N(CCCN)S(=O)(=O)c2ccnn2C)cc1.